The summed E-state index contributed by atoms with van der Waals surface area (Å²) in [6, 6.07) is 2.91. The van der Waals surface area contributed by atoms with Crippen molar-refractivity contribution in [3.63, 3.8) is 0 Å². The van der Waals surface area contributed by atoms with Crippen molar-refractivity contribution in [3.8, 4) is 6.07 Å². The van der Waals surface area contributed by atoms with Crippen LogP contribution in [0.25, 0.3) is 0 Å². The monoisotopic (exact) mass is 208 g/mol. The molecular formula is C12H20N2O. The fourth-order valence-electron chi connectivity index (χ4n) is 2.80. The molecule has 0 bridgehead atoms. The number of hydrogen-bond acceptors (Lipinski definition) is 3. The normalized spacial score (nSPS) is 34.1. The molecule has 1 heterocycles. The van der Waals surface area contributed by atoms with Crippen molar-refractivity contribution in [3.05, 3.63) is 0 Å². The number of hydrogen-bond donors (Lipinski definition) is 0. The highest BCUT2D eigenvalue weighted by Gasteiger charge is 2.34. The first-order chi connectivity index (χ1) is 7.31. The van der Waals surface area contributed by atoms with E-state index in [4.69, 9.17) is 10.00 Å². The maximum atomic E-state index is 8.85. The van der Waals surface area contributed by atoms with Gasteiger partial charge < -0.3 is 4.74 Å². The van der Waals surface area contributed by atoms with Crippen molar-refractivity contribution in [2.24, 2.45) is 5.92 Å². The van der Waals surface area contributed by atoms with Gasteiger partial charge in [-0.05, 0) is 19.8 Å². The van der Waals surface area contributed by atoms with E-state index >= 15 is 0 Å². The molecule has 84 valence electrons. The summed E-state index contributed by atoms with van der Waals surface area (Å²) in [5, 5.41) is 8.85. The van der Waals surface area contributed by atoms with Crippen molar-refractivity contribution in [1.82, 2.24) is 4.90 Å². The van der Waals surface area contributed by atoms with Crippen LogP contribution in [0.5, 0.6) is 0 Å². The van der Waals surface area contributed by atoms with Gasteiger partial charge in [0.05, 0.1) is 24.7 Å². The van der Waals surface area contributed by atoms with E-state index in [1.54, 1.807) is 0 Å². The second-order valence-electron chi connectivity index (χ2n) is 4.79. The molecular weight excluding hydrogens is 188 g/mol. The van der Waals surface area contributed by atoms with Crippen LogP contribution in [-0.2, 0) is 4.74 Å². The SMILES string of the molecule is CC(C#N)CN1CCOC2CCCCC21. The van der Waals surface area contributed by atoms with Crippen LogP contribution in [0.3, 0.4) is 0 Å². The van der Waals surface area contributed by atoms with Crippen LogP contribution in [0, 0.1) is 17.2 Å². The van der Waals surface area contributed by atoms with Gasteiger partial charge in [0.2, 0.25) is 0 Å². The molecule has 2 rings (SSSR count). The fourth-order valence-corrected chi connectivity index (χ4v) is 2.80. The van der Waals surface area contributed by atoms with Gasteiger partial charge >= 0.3 is 0 Å². The number of rotatable bonds is 2. The molecule has 1 aliphatic heterocycles. The molecule has 3 heteroatoms. The molecule has 0 aromatic carbocycles. The Labute approximate surface area is 92.0 Å². The van der Waals surface area contributed by atoms with Crippen molar-refractivity contribution in [2.45, 2.75) is 44.8 Å². The van der Waals surface area contributed by atoms with E-state index in [0.717, 1.165) is 19.7 Å². The zero-order valence-electron chi connectivity index (χ0n) is 9.48. The van der Waals surface area contributed by atoms with E-state index in [9.17, 15) is 0 Å². The predicted octanol–water partition coefficient (Wildman–Crippen LogP) is 1.79. The lowest BCUT2D eigenvalue weighted by Crippen LogP contribution is -2.53. The highest BCUT2D eigenvalue weighted by molar-refractivity contribution is 4.90. The van der Waals surface area contributed by atoms with Crippen molar-refractivity contribution in [2.75, 3.05) is 19.7 Å². The average Bonchev–Trinajstić information content (AvgIpc) is 2.29. The largest absolute Gasteiger partial charge is 0.375 e. The van der Waals surface area contributed by atoms with Crippen LogP contribution in [-0.4, -0.2) is 36.7 Å². The van der Waals surface area contributed by atoms with Crippen LogP contribution < -0.4 is 0 Å². The lowest BCUT2D eigenvalue weighted by atomic mass is 9.89. The Morgan fingerprint density at radius 1 is 1.47 bits per heavy atom. The van der Waals surface area contributed by atoms with Crippen molar-refractivity contribution >= 4 is 0 Å². The summed E-state index contributed by atoms with van der Waals surface area (Å²) in [5.41, 5.74) is 0. The third-order valence-electron chi connectivity index (χ3n) is 3.58. The Hall–Kier alpha value is -0.590. The molecule has 15 heavy (non-hydrogen) atoms. The summed E-state index contributed by atoms with van der Waals surface area (Å²) >= 11 is 0. The molecule has 0 radical (unpaired) electrons. The van der Waals surface area contributed by atoms with Gasteiger partial charge in [-0.25, -0.2) is 0 Å². The standard InChI is InChI=1S/C12H20N2O/c1-10(8-13)9-14-6-7-15-12-5-3-2-4-11(12)14/h10-12H,2-7,9H2,1H3. The van der Waals surface area contributed by atoms with E-state index in [0.29, 0.717) is 12.1 Å². The van der Waals surface area contributed by atoms with Crippen molar-refractivity contribution < 1.29 is 4.74 Å². The third-order valence-corrected chi connectivity index (χ3v) is 3.58. The molecule has 0 aromatic heterocycles. The summed E-state index contributed by atoms with van der Waals surface area (Å²) < 4.78 is 5.80. The smallest absolute Gasteiger partial charge is 0.0730 e. The summed E-state index contributed by atoms with van der Waals surface area (Å²) in [6.07, 6.45) is 5.54. The summed E-state index contributed by atoms with van der Waals surface area (Å²) in [7, 11) is 0. The number of morpholine rings is 1. The van der Waals surface area contributed by atoms with Gasteiger partial charge in [-0.15, -0.1) is 0 Å². The first-order valence-electron chi connectivity index (χ1n) is 6.06. The maximum absolute atomic E-state index is 8.85. The Morgan fingerprint density at radius 3 is 3.07 bits per heavy atom. The second kappa shape index (κ2) is 4.96. The van der Waals surface area contributed by atoms with E-state index in [1.165, 1.54) is 25.7 Å². The summed E-state index contributed by atoms with van der Waals surface area (Å²) in [5.74, 6) is 0.144. The molecule has 2 fully saturated rings. The first kappa shape index (κ1) is 10.9. The summed E-state index contributed by atoms with van der Waals surface area (Å²) in [6.45, 7) is 4.78. The minimum Gasteiger partial charge on any atom is -0.375 e. The van der Waals surface area contributed by atoms with E-state index < -0.39 is 0 Å². The summed E-state index contributed by atoms with van der Waals surface area (Å²) in [4.78, 5) is 2.47. The first-order valence-corrected chi connectivity index (χ1v) is 6.06. The fraction of sp³-hybridized carbons (Fsp3) is 0.917. The molecule has 1 aliphatic carbocycles. The zero-order chi connectivity index (χ0) is 10.7. The topological polar surface area (TPSA) is 36.3 Å². The molecule has 1 saturated heterocycles. The minimum absolute atomic E-state index is 0.144. The highest BCUT2D eigenvalue weighted by Crippen LogP contribution is 2.28. The van der Waals surface area contributed by atoms with Crippen LogP contribution >= 0.6 is 0 Å². The van der Waals surface area contributed by atoms with Gasteiger partial charge in [0, 0.05) is 19.1 Å². The minimum atomic E-state index is 0.144. The zero-order valence-corrected chi connectivity index (χ0v) is 9.48. The average molecular weight is 208 g/mol. The van der Waals surface area contributed by atoms with E-state index in [2.05, 4.69) is 11.0 Å². The molecule has 0 aromatic rings. The molecule has 0 spiro atoms. The van der Waals surface area contributed by atoms with E-state index in [-0.39, 0.29) is 5.92 Å². The molecule has 0 amide bonds. The van der Waals surface area contributed by atoms with E-state index in [1.807, 2.05) is 6.92 Å². The number of nitriles is 1. The Morgan fingerprint density at radius 2 is 2.27 bits per heavy atom. The van der Waals surface area contributed by atoms with Gasteiger partial charge in [-0.2, -0.15) is 5.26 Å². The Kier molecular flexibility index (Phi) is 3.61. The van der Waals surface area contributed by atoms with Crippen LogP contribution in [0.15, 0.2) is 0 Å². The van der Waals surface area contributed by atoms with Gasteiger partial charge in [0.15, 0.2) is 0 Å². The molecule has 3 nitrogen and oxygen atoms in total. The third kappa shape index (κ3) is 2.50. The predicted molar refractivity (Wildman–Crippen MR) is 58.3 cm³/mol. The Balaban J connectivity index is 1.95. The quantitative estimate of drug-likeness (QED) is 0.694. The second-order valence-corrected chi connectivity index (χ2v) is 4.79. The molecule has 2 aliphatic rings. The van der Waals surface area contributed by atoms with Gasteiger partial charge in [-0.1, -0.05) is 12.8 Å². The van der Waals surface area contributed by atoms with Crippen LogP contribution in [0.1, 0.15) is 32.6 Å². The molecule has 3 atom stereocenters. The lowest BCUT2D eigenvalue weighted by molar-refractivity contribution is -0.0898. The van der Waals surface area contributed by atoms with Crippen LogP contribution in [0.4, 0.5) is 0 Å². The van der Waals surface area contributed by atoms with Crippen molar-refractivity contribution in [1.29, 1.82) is 5.26 Å². The number of ether oxygens (including phenoxy) is 1. The lowest BCUT2D eigenvalue weighted by Gasteiger charge is -2.44. The number of fused-ring (bicyclic) bond motifs is 1. The van der Waals surface area contributed by atoms with Gasteiger partial charge in [0.1, 0.15) is 0 Å². The van der Waals surface area contributed by atoms with Gasteiger partial charge in [0.25, 0.3) is 0 Å². The highest BCUT2D eigenvalue weighted by atomic mass is 16.5. The number of nitrogens with zero attached hydrogens (tertiary/aromatic N) is 2. The Bertz CT molecular complexity index is 246. The maximum Gasteiger partial charge on any atom is 0.0730 e. The van der Waals surface area contributed by atoms with Gasteiger partial charge in [-0.3, -0.25) is 4.90 Å². The molecule has 0 N–H and O–H groups in total. The molecule has 1 saturated carbocycles. The molecule has 3 unspecified atom stereocenters. The van der Waals surface area contributed by atoms with Crippen LogP contribution in [0.2, 0.25) is 0 Å².